The van der Waals surface area contributed by atoms with Crippen LogP contribution in [0.25, 0.3) is 0 Å². The largest absolute Gasteiger partial charge is 0.493 e. The molecular formula is C23H33N3O4. The highest BCUT2D eigenvalue weighted by atomic mass is 16.5. The average molecular weight is 416 g/mol. The Bertz CT molecular complexity index is 817. The van der Waals surface area contributed by atoms with Crippen LogP contribution in [-0.2, 0) is 11.3 Å². The SMILES string of the molecule is C=C(C)CN1C(=O)N[C@@](CC)(C2CCN(Cc3ccc(OC)c(OC)c3)CC2)C1=O. The maximum absolute atomic E-state index is 13.2. The van der Waals surface area contributed by atoms with Gasteiger partial charge >= 0.3 is 6.03 Å². The Hall–Kier alpha value is -2.54. The molecular weight excluding hydrogens is 382 g/mol. The fourth-order valence-electron chi connectivity index (χ4n) is 4.68. The normalized spacial score (nSPS) is 22.9. The third kappa shape index (κ3) is 4.17. The fraction of sp³-hybridized carbons (Fsp3) is 0.565. The Balaban J connectivity index is 1.65. The monoisotopic (exact) mass is 415 g/mol. The van der Waals surface area contributed by atoms with Crippen molar-refractivity contribution in [1.82, 2.24) is 15.1 Å². The Kier molecular flexibility index (Phi) is 6.71. The third-order valence-electron chi connectivity index (χ3n) is 6.33. The van der Waals surface area contributed by atoms with Crippen molar-refractivity contribution in [2.45, 2.75) is 45.2 Å². The number of nitrogens with zero attached hydrogens (tertiary/aromatic N) is 2. The van der Waals surface area contributed by atoms with Gasteiger partial charge in [0, 0.05) is 6.54 Å². The first-order valence-electron chi connectivity index (χ1n) is 10.6. The molecule has 0 unspecified atom stereocenters. The second-order valence-electron chi connectivity index (χ2n) is 8.34. The van der Waals surface area contributed by atoms with Crippen molar-refractivity contribution in [1.29, 1.82) is 0 Å². The first-order valence-corrected chi connectivity index (χ1v) is 10.6. The lowest BCUT2D eigenvalue weighted by Gasteiger charge is -2.40. The second kappa shape index (κ2) is 9.08. The number of rotatable bonds is 8. The number of carbonyl (C=O) groups is 2. The molecule has 2 aliphatic rings. The van der Waals surface area contributed by atoms with Crippen LogP contribution in [-0.4, -0.2) is 61.1 Å². The molecule has 2 aliphatic heterocycles. The van der Waals surface area contributed by atoms with Gasteiger partial charge in [0.25, 0.3) is 5.91 Å². The van der Waals surface area contributed by atoms with Crippen LogP contribution in [0.3, 0.4) is 0 Å². The van der Waals surface area contributed by atoms with E-state index < -0.39 is 5.54 Å². The van der Waals surface area contributed by atoms with Gasteiger partial charge in [-0.1, -0.05) is 25.1 Å². The van der Waals surface area contributed by atoms with Crippen LogP contribution >= 0.6 is 0 Å². The number of carbonyl (C=O) groups excluding carboxylic acids is 2. The van der Waals surface area contributed by atoms with Crippen molar-refractivity contribution in [3.8, 4) is 11.5 Å². The van der Waals surface area contributed by atoms with Gasteiger partial charge in [0.2, 0.25) is 0 Å². The van der Waals surface area contributed by atoms with E-state index in [-0.39, 0.29) is 24.4 Å². The molecule has 164 valence electrons. The lowest BCUT2D eigenvalue weighted by Crippen LogP contribution is -2.55. The summed E-state index contributed by atoms with van der Waals surface area (Å²) >= 11 is 0. The van der Waals surface area contributed by atoms with Gasteiger partial charge in [0.05, 0.1) is 20.8 Å². The van der Waals surface area contributed by atoms with Gasteiger partial charge in [-0.15, -0.1) is 0 Å². The summed E-state index contributed by atoms with van der Waals surface area (Å²) in [5, 5.41) is 3.03. The number of nitrogens with one attached hydrogen (secondary N) is 1. The molecule has 3 amide bonds. The molecule has 2 fully saturated rings. The minimum absolute atomic E-state index is 0.101. The third-order valence-corrected chi connectivity index (χ3v) is 6.33. The molecule has 0 aromatic heterocycles. The zero-order valence-corrected chi connectivity index (χ0v) is 18.5. The van der Waals surface area contributed by atoms with Crippen molar-refractivity contribution < 1.29 is 19.1 Å². The zero-order chi connectivity index (χ0) is 21.9. The van der Waals surface area contributed by atoms with Gasteiger partial charge in [-0.25, -0.2) is 4.79 Å². The molecule has 1 aromatic rings. The molecule has 2 saturated heterocycles. The number of likely N-dealkylation sites (tertiary alicyclic amines) is 1. The average Bonchev–Trinajstić information content (AvgIpc) is 2.99. The second-order valence-corrected chi connectivity index (χ2v) is 8.34. The minimum atomic E-state index is -0.790. The highest BCUT2D eigenvalue weighted by Gasteiger charge is 2.54. The van der Waals surface area contributed by atoms with Crippen molar-refractivity contribution in [3.05, 3.63) is 35.9 Å². The quantitative estimate of drug-likeness (QED) is 0.522. The highest BCUT2D eigenvalue weighted by Crippen LogP contribution is 2.37. The van der Waals surface area contributed by atoms with Crippen LogP contribution in [0.2, 0.25) is 0 Å². The molecule has 1 N–H and O–H groups in total. The van der Waals surface area contributed by atoms with Crippen molar-refractivity contribution in [2.24, 2.45) is 5.92 Å². The molecule has 0 aliphatic carbocycles. The standard InChI is InChI=1S/C23H33N3O4/c1-6-23(21(27)26(14-16(2)3)22(28)24-23)18-9-11-25(12-10-18)15-17-7-8-19(29-4)20(13-17)30-5/h7-8,13,18H,2,6,9-12,14-15H2,1,3-5H3,(H,24,28)/t23-/m0/s1. The number of urea groups is 1. The number of methoxy groups -OCH3 is 2. The molecule has 30 heavy (non-hydrogen) atoms. The number of ether oxygens (including phenoxy) is 2. The number of benzene rings is 1. The van der Waals surface area contributed by atoms with E-state index in [0.29, 0.717) is 6.42 Å². The lowest BCUT2D eigenvalue weighted by molar-refractivity contribution is -0.134. The molecule has 0 spiro atoms. The van der Waals surface area contributed by atoms with Gasteiger partial charge in [-0.05, 0) is 62.9 Å². The molecule has 0 radical (unpaired) electrons. The molecule has 2 heterocycles. The van der Waals surface area contributed by atoms with E-state index in [1.165, 1.54) is 4.90 Å². The highest BCUT2D eigenvalue weighted by molar-refractivity contribution is 6.07. The van der Waals surface area contributed by atoms with E-state index in [0.717, 1.165) is 55.1 Å². The predicted octanol–water partition coefficient (Wildman–Crippen LogP) is 3.19. The topological polar surface area (TPSA) is 71.1 Å². The number of piperidine rings is 1. The summed E-state index contributed by atoms with van der Waals surface area (Å²) in [7, 11) is 3.27. The Morgan fingerprint density at radius 1 is 1.20 bits per heavy atom. The van der Waals surface area contributed by atoms with Crippen molar-refractivity contribution in [3.63, 3.8) is 0 Å². The maximum Gasteiger partial charge on any atom is 0.325 e. The van der Waals surface area contributed by atoms with E-state index in [4.69, 9.17) is 9.47 Å². The van der Waals surface area contributed by atoms with E-state index in [1.807, 2.05) is 26.0 Å². The van der Waals surface area contributed by atoms with Gasteiger partial charge < -0.3 is 14.8 Å². The molecule has 3 rings (SSSR count). The smallest absolute Gasteiger partial charge is 0.325 e. The fourth-order valence-corrected chi connectivity index (χ4v) is 4.68. The van der Waals surface area contributed by atoms with Crippen LogP contribution in [0.4, 0.5) is 4.79 Å². The zero-order valence-electron chi connectivity index (χ0n) is 18.5. The number of imide groups is 1. The minimum Gasteiger partial charge on any atom is -0.493 e. The summed E-state index contributed by atoms with van der Waals surface area (Å²) in [5.74, 6) is 1.48. The lowest BCUT2D eigenvalue weighted by atomic mass is 9.75. The molecule has 0 bridgehead atoms. The first kappa shape index (κ1) is 22.2. The van der Waals surface area contributed by atoms with Gasteiger partial charge in [0.1, 0.15) is 5.54 Å². The Morgan fingerprint density at radius 2 is 1.87 bits per heavy atom. The molecule has 7 nitrogen and oxygen atoms in total. The van der Waals surface area contributed by atoms with Crippen LogP contribution in [0.15, 0.2) is 30.4 Å². The van der Waals surface area contributed by atoms with Gasteiger partial charge in [0.15, 0.2) is 11.5 Å². The number of amides is 3. The van der Waals surface area contributed by atoms with Gasteiger partial charge in [-0.2, -0.15) is 0 Å². The summed E-state index contributed by atoms with van der Waals surface area (Å²) < 4.78 is 10.7. The van der Waals surface area contributed by atoms with Gasteiger partial charge in [-0.3, -0.25) is 14.6 Å². The Labute approximate surface area is 179 Å². The summed E-state index contributed by atoms with van der Waals surface area (Å²) in [6.07, 6.45) is 2.34. The molecule has 0 saturated carbocycles. The van der Waals surface area contributed by atoms with E-state index in [1.54, 1.807) is 14.2 Å². The number of hydrogen-bond acceptors (Lipinski definition) is 5. The summed E-state index contributed by atoms with van der Waals surface area (Å²) in [6, 6.07) is 5.69. The molecule has 7 heteroatoms. The van der Waals surface area contributed by atoms with Crippen LogP contribution in [0.1, 0.15) is 38.7 Å². The van der Waals surface area contributed by atoms with Crippen molar-refractivity contribution >= 4 is 11.9 Å². The van der Waals surface area contributed by atoms with E-state index in [2.05, 4.69) is 22.9 Å². The Morgan fingerprint density at radius 3 is 2.43 bits per heavy atom. The van der Waals surface area contributed by atoms with Crippen LogP contribution < -0.4 is 14.8 Å². The predicted molar refractivity (Wildman–Crippen MR) is 116 cm³/mol. The van der Waals surface area contributed by atoms with Crippen LogP contribution in [0, 0.1) is 5.92 Å². The first-order chi connectivity index (χ1) is 14.3. The summed E-state index contributed by atoms with van der Waals surface area (Å²) in [5.41, 5.74) is 1.17. The summed E-state index contributed by atoms with van der Waals surface area (Å²) in [6.45, 7) is 10.5. The molecule has 1 aromatic carbocycles. The maximum atomic E-state index is 13.2. The molecule has 1 atom stereocenters. The van der Waals surface area contributed by atoms with Crippen molar-refractivity contribution in [2.75, 3.05) is 33.9 Å². The summed E-state index contributed by atoms with van der Waals surface area (Å²) in [4.78, 5) is 29.3. The van der Waals surface area contributed by atoms with E-state index >= 15 is 0 Å². The number of hydrogen-bond donors (Lipinski definition) is 1. The van der Waals surface area contributed by atoms with E-state index in [9.17, 15) is 9.59 Å². The van der Waals surface area contributed by atoms with Crippen LogP contribution in [0.5, 0.6) is 11.5 Å².